The van der Waals surface area contributed by atoms with Gasteiger partial charge in [0.15, 0.2) is 5.69 Å². The van der Waals surface area contributed by atoms with E-state index in [0.29, 0.717) is 16.9 Å². The number of rotatable bonds is 3. The van der Waals surface area contributed by atoms with Crippen molar-refractivity contribution >= 4 is 17.3 Å². The van der Waals surface area contributed by atoms with Crippen LogP contribution in [0.2, 0.25) is 0 Å². The third-order valence-electron chi connectivity index (χ3n) is 4.71. The van der Waals surface area contributed by atoms with E-state index in [1.807, 2.05) is 0 Å². The van der Waals surface area contributed by atoms with Crippen LogP contribution >= 0.6 is 11.3 Å². The van der Waals surface area contributed by atoms with E-state index in [0.717, 1.165) is 18.0 Å². The van der Waals surface area contributed by atoms with Crippen molar-refractivity contribution < 1.29 is 9.90 Å². The van der Waals surface area contributed by atoms with Crippen LogP contribution in [0.1, 0.15) is 55.4 Å². The Labute approximate surface area is 123 Å². The summed E-state index contributed by atoms with van der Waals surface area (Å²) in [5.74, 6) is -0.907. The molecule has 2 bridgehead atoms. The maximum atomic E-state index is 11.2. The summed E-state index contributed by atoms with van der Waals surface area (Å²) in [5.41, 5.74) is 2.67. The molecule has 20 heavy (non-hydrogen) atoms. The van der Waals surface area contributed by atoms with Crippen LogP contribution in [-0.4, -0.2) is 33.5 Å². The Kier molecular flexibility index (Phi) is 3.18. The molecule has 2 atom stereocenters. The average Bonchev–Trinajstić information content (AvgIpc) is 2.81. The highest BCUT2D eigenvalue weighted by Crippen LogP contribution is 2.52. The van der Waals surface area contributed by atoms with Crippen molar-refractivity contribution in [2.75, 3.05) is 6.54 Å². The van der Waals surface area contributed by atoms with Gasteiger partial charge in [-0.25, -0.2) is 9.78 Å². The fraction of sp³-hybridized carbons (Fsp3) is 0.733. The number of nitrogens with zero attached hydrogens (tertiary/aromatic N) is 2. The molecule has 3 rings (SSSR count). The van der Waals surface area contributed by atoms with Gasteiger partial charge < -0.3 is 5.11 Å². The molecular weight excluding hydrogens is 272 g/mol. The molecule has 1 saturated heterocycles. The van der Waals surface area contributed by atoms with Gasteiger partial charge in [0.1, 0.15) is 0 Å². The van der Waals surface area contributed by atoms with E-state index in [-0.39, 0.29) is 5.69 Å². The number of aromatic nitrogens is 1. The molecule has 5 heteroatoms. The molecule has 2 unspecified atom stereocenters. The summed E-state index contributed by atoms with van der Waals surface area (Å²) in [6.07, 6.45) is 3.73. The van der Waals surface area contributed by atoms with Crippen molar-refractivity contribution in [3.63, 3.8) is 0 Å². The first-order valence-corrected chi connectivity index (χ1v) is 8.06. The minimum Gasteiger partial charge on any atom is -0.476 e. The van der Waals surface area contributed by atoms with Gasteiger partial charge in [0.05, 0.1) is 10.4 Å². The SMILES string of the molecule is CC1(C)CC2CC(C)(CN2Cc2scnc2C(=O)O)C1. The lowest BCUT2D eigenvalue weighted by Crippen LogP contribution is -2.34. The van der Waals surface area contributed by atoms with Gasteiger partial charge in [0.25, 0.3) is 0 Å². The highest BCUT2D eigenvalue weighted by atomic mass is 32.1. The van der Waals surface area contributed by atoms with Crippen LogP contribution in [0.15, 0.2) is 5.51 Å². The van der Waals surface area contributed by atoms with Crippen molar-refractivity contribution in [2.45, 2.75) is 52.6 Å². The van der Waals surface area contributed by atoms with Gasteiger partial charge in [-0.15, -0.1) is 11.3 Å². The smallest absolute Gasteiger partial charge is 0.355 e. The third kappa shape index (κ3) is 2.49. The molecule has 1 saturated carbocycles. The quantitative estimate of drug-likeness (QED) is 0.930. The number of hydrogen-bond acceptors (Lipinski definition) is 4. The summed E-state index contributed by atoms with van der Waals surface area (Å²) in [5, 5.41) is 9.18. The maximum Gasteiger partial charge on any atom is 0.355 e. The monoisotopic (exact) mass is 294 g/mol. The van der Waals surface area contributed by atoms with Gasteiger partial charge in [-0.2, -0.15) is 0 Å². The fourth-order valence-electron chi connectivity index (χ4n) is 4.50. The Balaban J connectivity index is 1.79. The number of fused-ring (bicyclic) bond motifs is 2. The molecule has 2 fully saturated rings. The minimum atomic E-state index is -0.907. The van der Waals surface area contributed by atoms with E-state index in [2.05, 4.69) is 30.7 Å². The Morgan fingerprint density at radius 3 is 2.95 bits per heavy atom. The molecule has 0 spiro atoms. The Bertz CT molecular complexity index is 540. The lowest BCUT2D eigenvalue weighted by molar-refractivity contribution is 0.0688. The third-order valence-corrected chi connectivity index (χ3v) is 5.53. The van der Waals surface area contributed by atoms with Crippen molar-refractivity contribution in [1.82, 2.24) is 9.88 Å². The summed E-state index contributed by atoms with van der Waals surface area (Å²) in [6, 6.07) is 0.590. The van der Waals surface area contributed by atoms with Gasteiger partial charge in [-0.1, -0.05) is 20.8 Å². The minimum absolute atomic E-state index is 0.237. The Morgan fingerprint density at radius 2 is 2.25 bits per heavy atom. The topological polar surface area (TPSA) is 53.4 Å². The molecule has 1 aliphatic carbocycles. The lowest BCUT2D eigenvalue weighted by atomic mass is 9.65. The maximum absolute atomic E-state index is 11.2. The zero-order valence-corrected chi connectivity index (χ0v) is 13.2. The van der Waals surface area contributed by atoms with Crippen molar-refractivity contribution in [1.29, 1.82) is 0 Å². The Hall–Kier alpha value is -0.940. The van der Waals surface area contributed by atoms with Crippen LogP contribution in [0, 0.1) is 10.8 Å². The van der Waals surface area contributed by atoms with Crippen LogP contribution in [-0.2, 0) is 6.54 Å². The first-order valence-electron chi connectivity index (χ1n) is 7.18. The molecule has 110 valence electrons. The lowest BCUT2D eigenvalue weighted by Gasteiger charge is -2.39. The highest BCUT2D eigenvalue weighted by Gasteiger charge is 2.49. The van der Waals surface area contributed by atoms with Gasteiger partial charge in [-0.3, -0.25) is 4.90 Å². The number of likely N-dealkylation sites (tertiary alicyclic amines) is 1. The summed E-state index contributed by atoms with van der Waals surface area (Å²) >= 11 is 1.46. The predicted octanol–water partition coefficient (Wildman–Crippen LogP) is 3.24. The van der Waals surface area contributed by atoms with E-state index in [1.165, 1.54) is 30.6 Å². The zero-order chi connectivity index (χ0) is 14.5. The number of thiazole rings is 1. The summed E-state index contributed by atoms with van der Waals surface area (Å²) in [7, 11) is 0. The highest BCUT2D eigenvalue weighted by molar-refractivity contribution is 7.09. The molecule has 4 nitrogen and oxygen atoms in total. The van der Waals surface area contributed by atoms with E-state index >= 15 is 0 Å². The second-order valence-corrected chi connectivity index (χ2v) is 8.49. The van der Waals surface area contributed by atoms with Crippen LogP contribution in [0.3, 0.4) is 0 Å². The largest absolute Gasteiger partial charge is 0.476 e. The number of hydrogen-bond donors (Lipinski definition) is 1. The molecule has 0 aromatic carbocycles. The summed E-state index contributed by atoms with van der Waals surface area (Å²) < 4.78 is 0. The van der Waals surface area contributed by atoms with E-state index in [4.69, 9.17) is 0 Å². The van der Waals surface area contributed by atoms with Crippen molar-refractivity contribution in [3.05, 3.63) is 16.1 Å². The second-order valence-electron chi connectivity index (χ2n) is 7.55. The second kappa shape index (κ2) is 4.53. The summed E-state index contributed by atoms with van der Waals surface area (Å²) in [4.78, 5) is 18.5. The average molecular weight is 294 g/mol. The first-order chi connectivity index (χ1) is 9.28. The zero-order valence-electron chi connectivity index (χ0n) is 12.3. The fourth-order valence-corrected chi connectivity index (χ4v) is 5.28. The number of carboxylic acids is 1. The van der Waals surface area contributed by atoms with Crippen LogP contribution in [0.5, 0.6) is 0 Å². The van der Waals surface area contributed by atoms with E-state index in [1.54, 1.807) is 5.51 Å². The molecule has 1 aliphatic heterocycles. The normalized spacial score (nSPS) is 32.5. The van der Waals surface area contributed by atoms with Crippen LogP contribution in [0.25, 0.3) is 0 Å². The molecule has 1 aromatic rings. The van der Waals surface area contributed by atoms with Crippen LogP contribution in [0.4, 0.5) is 0 Å². The first kappa shape index (κ1) is 14.0. The molecule has 1 N–H and O–H groups in total. The van der Waals surface area contributed by atoms with Gasteiger partial charge in [0, 0.05) is 19.1 Å². The van der Waals surface area contributed by atoms with Crippen LogP contribution < -0.4 is 0 Å². The number of aromatic carboxylic acids is 1. The number of carboxylic acid groups (broad SMARTS) is 1. The molecule has 1 aromatic heterocycles. The molecular formula is C15H22N2O2S. The number of carbonyl (C=O) groups is 1. The van der Waals surface area contributed by atoms with Gasteiger partial charge in [-0.05, 0) is 30.1 Å². The van der Waals surface area contributed by atoms with Gasteiger partial charge in [0.2, 0.25) is 0 Å². The molecule has 2 heterocycles. The Morgan fingerprint density at radius 1 is 1.50 bits per heavy atom. The molecule has 0 radical (unpaired) electrons. The van der Waals surface area contributed by atoms with E-state index in [9.17, 15) is 9.90 Å². The standard InChI is InChI=1S/C15H22N2O2S/c1-14(2)4-10-5-15(3,7-14)8-17(10)6-11-12(13(18)19)16-9-20-11/h9-10H,4-8H2,1-3H3,(H,18,19). The molecule has 0 amide bonds. The summed E-state index contributed by atoms with van der Waals surface area (Å²) in [6.45, 7) is 8.92. The van der Waals surface area contributed by atoms with Crippen molar-refractivity contribution in [2.24, 2.45) is 10.8 Å². The predicted molar refractivity (Wildman–Crippen MR) is 79.0 cm³/mol. The van der Waals surface area contributed by atoms with E-state index < -0.39 is 5.97 Å². The van der Waals surface area contributed by atoms with Gasteiger partial charge >= 0.3 is 5.97 Å². The molecule has 2 aliphatic rings. The van der Waals surface area contributed by atoms with Crippen molar-refractivity contribution in [3.8, 4) is 0 Å².